The number of benzene rings is 1. The Morgan fingerprint density at radius 1 is 1.21 bits per heavy atom. The minimum absolute atomic E-state index is 0.188. The molecule has 5 rings (SSSR count). The molecule has 5 nitrogen and oxygen atoms in total. The number of hydrogen-bond acceptors (Lipinski definition) is 5. The first-order valence-corrected chi connectivity index (χ1v) is 10.4. The van der Waals surface area contributed by atoms with Gasteiger partial charge in [0.15, 0.2) is 17.2 Å². The third-order valence-electron chi connectivity index (χ3n) is 6.34. The first-order chi connectivity index (χ1) is 13.7. The fourth-order valence-electron chi connectivity index (χ4n) is 4.79. The Morgan fingerprint density at radius 3 is 2.82 bits per heavy atom. The van der Waals surface area contributed by atoms with Crippen LogP contribution in [-0.2, 0) is 0 Å². The monoisotopic (exact) mass is 377 g/mol. The second-order valence-corrected chi connectivity index (χ2v) is 8.19. The molecule has 0 radical (unpaired) electrons. The number of ether oxygens (including phenoxy) is 2. The van der Waals surface area contributed by atoms with Gasteiger partial charge in [-0.15, -0.1) is 0 Å². The molecule has 5 heteroatoms. The summed E-state index contributed by atoms with van der Waals surface area (Å²) in [6, 6.07) is 10.5. The lowest BCUT2D eigenvalue weighted by Crippen LogP contribution is -2.55. The zero-order valence-corrected chi connectivity index (χ0v) is 16.6. The second kappa shape index (κ2) is 6.80. The summed E-state index contributed by atoms with van der Waals surface area (Å²) in [5, 5.41) is 7.36. The zero-order chi connectivity index (χ0) is 19.1. The normalized spacial score (nSPS) is 28.4. The summed E-state index contributed by atoms with van der Waals surface area (Å²) < 4.78 is 12.7. The summed E-state index contributed by atoms with van der Waals surface area (Å²) in [5.41, 5.74) is 2.99. The van der Waals surface area contributed by atoms with E-state index in [4.69, 9.17) is 14.6 Å². The van der Waals surface area contributed by atoms with Crippen molar-refractivity contribution in [2.24, 2.45) is 11.0 Å². The average Bonchev–Trinajstić information content (AvgIpc) is 3.19. The van der Waals surface area contributed by atoms with Gasteiger partial charge in [-0.25, -0.2) is 5.01 Å². The maximum atomic E-state index is 6.77. The van der Waals surface area contributed by atoms with Crippen molar-refractivity contribution in [3.05, 3.63) is 53.9 Å². The lowest BCUT2D eigenvalue weighted by Gasteiger charge is -2.50. The quantitative estimate of drug-likeness (QED) is 0.761. The molecule has 3 aliphatic rings. The molecule has 0 N–H and O–H groups in total. The summed E-state index contributed by atoms with van der Waals surface area (Å²) in [6.07, 6.45) is 8.90. The smallest absolute Gasteiger partial charge is 0.198 e. The first kappa shape index (κ1) is 17.5. The van der Waals surface area contributed by atoms with Crippen molar-refractivity contribution in [3.63, 3.8) is 0 Å². The highest BCUT2D eigenvalue weighted by molar-refractivity contribution is 6.01. The Hall–Kier alpha value is -2.56. The van der Waals surface area contributed by atoms with Gasteiger partial charge in [0.2, 0.25) is 0 Å². The Labute approximate surface area is 166 Å². The van der Waals surface area contributed by atoms with Crippen molar-refractivity contribution in [3.8, 4) is 11.5 Å². The lowest BCUT2D eigenvalue weighted by molar-refractivity contribution is -0.146. The van der Waals surface area contributed by atoms with Gasteiger partial charge in [0, 0.05) is 42.8 Å². The highest BCUT2D eigenvalue weighted by atomic mass is 16.6. The van der Waals surface area contributed by atoms with Gasteiger partial charge >= 0.3 is 0 Å². The van der Waals surface area contributed by atoms with Crippen molar-refractivity contribution in [1.29, 1.82) is 0 Å². The molecule has 0 saturated heterocycles. The highest BCUT2D eigenvalue weighted by Gasteiger charge is 2.52. The molecular weight excluding hydrogens is 350 g/mol. The molecule has 1 saturated carbocycles. The van der Waals surface area contributed by atoms with E-state index in [1.807, 2.05) is 31.5 Å². The maximum absolute atomic E-state index is 6.77. The largest absolute Gasteiger partial charge is 0.490 e. The van der Waals surface area contributed by atoms with Gasteiger partial charge in [-0.1, -0.05) is 25.1 Å². The summed E-state index contributed by atoms with van der Waals surface area (Å²) in [5.74, 6) is 2.51. The van der Waals surface area contributed by atoms with Gasteiger partial charge in [-0.2, -0.15) is 5.10 Å². The molecule has 2 aromatic rings. The van der Waals surface area contributed by atoms with E-state index in [1.165, 1.54) is 5.56 Å². The standard InChI is InChI=1S/C23H27N3O2/c1-3-27-21-8-4-7-18-20-14-19(17-6-5-13-24-15-17)25-26(20)23(28-22(18)21)11-9-16(2)10-12-23/h4-8,13,15-16,20H,3,9-12,14H2,1-2H3/t16?,20-,23?/m0/s1. The molecule has 3 heterocycles. The molecular formula is C23H27N3O2. The van der Waals surface area contributed by atoms with Crippen LogP contribution in [0, 0.1) is 5.92 Å². The fraction of sp³-hybridized carbons (Fsp3) is 0.478. The minimum atomic E-state index is -0.374. The number of pyridine rings is 1. The summed E-state index contributed by atoms with van der Waals surface area (Å²) >= 11 is 0. The topological polar surface area (TPSA) is 47.0 Å². The number of hydrogen-bond donors (Lipinski definition) is 0. The number of hydrazone groups is 1. The number of nitrogens with zero attached hydrogens (tertiary/aromatic N) is 3. The van der Waals surface area contributed by atoms with Crippen molar-refractivity contribution < 1.29 is 9.47 Å². The summed E-state index contributed by atoms with van der Waals surface area (Å²) in [4.78, 5) is 4.29. The Bertz CT molecular complexity index is 888. The zero-order valence-electron chi connectivity index (χ0n) is 16.6. The number of fused-ring (bicyclic) bond motifs is 4. The van der Waals surface area contributed by atoms with Crippen molar-refractivity contribution >= 4 is 5.71 Å². The van der Waals surface area contributed by atoms with Crippen LogP contribution < -0.4 is 9.47 Å². The van der Waals surface area contributed by atoms with Crippen LogP contribution in [-0.4, -0.2) is 28.0 Å². The van der Waals surface area contributed by atoms with Gasteiger partial charge < -0.3 is 9.47 Å². The summed E-state index contributed by atoms with van der Waals surface area (Å²) in [7, 11) is 0. The van der Waals surface area contributed by atoms with Crippen LogP contribution in [0.2, 0.25) is 0 Å². The average molecular weight is 377 g/mol. The van der Waals surface area contributed by atoms with E-state index >= 15 is 0 Å². The molecule has 2 aliphatic heterocycles. The van der Waals surface area contributed by atoms with Gasteiger partial charge in [-0.05, 0) is 37.8 Å². The third-order valence-corrected chi connectivity index (χ3v) is 6.34. The van der Waals surface area contributed by atoms with Crippen molar-refractivity contribution in [1.82, 2.24) is 9.99 Å². The van der Waals surface area contributed by atoms with Crippen molar-refractivity contribution in [2.75, 3.05) is 6.61 Å². The van der Waals surface area contributed by atoms with Crippen molar-refractivity contribution in [2.45, 2.75) is 57.7 Å². The van der Waals surface area contributed by atoms with E-state index in [0.29, 0.717) is 6.61 Å². The van der Waals surface area contributed by atoms with Crippen LogP contribution in [0.4, 0.5) is 0 Å². The maximum Gasteiger partial charge on any atom is 0.198 e. The molecule has 0 amide bonds. The molecule has 146 valence electrons. The number of aromatic nitrogens is 1. The van der Waals surface area contributed by atoms with E-state index in [1.54, 1.807) is 0 Å². The molecule has 28 heavy (non-hydrogen) atoms. The van der Waals surface area contributed by atoms with E-state index in [9.17, 15) is 0 Å². The SMILES string of the molecule is CCOc1cccc2c1OC1(CCC(C)CC1)N1N=C(c3cccnc3)C[C@@H]21. The first-order valence-electron chi connectivity index (χ1n) is 10.4. The third kappa shape index (κ3) is 2.76. The van der Waals surface area contributed by atoms with Gasteiger partial charge in [0.05, 0.1) is 18.4 Å². The van der Waals surface area contributed by atoms with Crippen LogP contribution in [0.1, 0.15) is 63.1 Å². The number of rotatable bonds is 3. The Kier molecular flexibility index (Phi) is 4.26. The van der Waals surface area contributed by atoms with E-state index in [2.05, 4.69) is 35.1 Å². The predicted octanol–water partition coefficient (Wildman–Crippen LogP) is 4.93. The lowest BCUT2D eigenvalue weighted by atomic mass is 9.82. The van der Waals surface area contributed by atoms with E-state index < -0.39 is 0 Å². The number of para-hydroxylation sites is 1. The van der Waals surface area contributed by atoms with Gasteiger partial charge in [0.1, 0.15) is 0 Å². The highest BCUT2D eigenvalue weighted by Crippen LogP contribution is 2.54. The van der Waals surface area contributed by atoms with Crippen LogP contribution in [0.5, 0.6) is 11.5 Å². The molecule has 1 atom stereocenters. The second-order valence-electron chi connectivity index (χ2n) is 8.19. The predicted molar refractivity (Wildman–Crippen MR) is 109 cm³/mol. The molecule has 1 aromatic heterocycles. The van der Waals surface area contributed by atoms with E-state index in [0.717, 1.165) is 60.8 Å². The van der Waals surface area contributed by atoms with Crippen LogP contribution >= 0.6 is 0 Å². The summed E-state index contributed by atoms with van der Waals surface area (Å²) in [6.45, 7) is 4.99. The molecule has 1 aliphatic carbocycles. The molecule has 1 fully saturated rings. The molecule has 0 unspecified atom stereocenters. The molecule has 1 aromatic carbocycles. The van der Waals surface area contributed by atoms with Crippen LogP contribution in [0.3, 0.4) is 0 Å². The fourth-order valence-corrected chi connectivity index (χ4v) is 4.79. The molecule has 1 spiro atoms. The van der Waals surface area contributed by atoms with Gasteiger partial charge in [-0.3, -0.25) is 4.98 Å². The van der Waals surface area contributed by atoms with Crippen LogP contribution in [0.15, 0.2) is 47.8 Å². The van der Waals surface area contributed by atoms with E-state index in [-0.39, 0.29) is 11.8 Å². The van der Waals surface area contributed by atoms with Gasteiger partial charge in [0.25, 0.3) is 0 Å². The minimum Gasteiger partial charge on any atom is -0.490 e. The Balaban J connectivity index is 1.60. The van der Waals surface area contributed by atoms with Crippen LogP contribution in [0.25, 0.3) is 0 Å². The molecule has 0 bridgehead atoms. The Morgan fingerprint density at radius 2 is 2.07 bits per heavy atom.